The van der Waals surface area contributed by atoms with E-state index in [1.807, 2.05) is 0 Å². The van der Waals surface area contributed by atoms with Crippen LogP contribution in [0.15, 0.2) is 24.3 Å². The fraction of sp³-hybridized carbons (Fsp3) is 0.571. The molecule has 2 heteroatoms. The lowest BCUT2D eigenvalue weighted by atomic mass is 9.93. The quantitative estimate of drug-likeness (QED) is 0.825. The molecule has 88 valence electrons. The number of benzene rings is 1. The van der Waals surface area contributed by atoms with E-state index in [0.717, 1.165) is 19.6 Å². The van der Waals surface area contributed by atoms with E-state index in [1.165, 1.54) is 11.1 Å². The first-order valence-corrected chi connectivity index (χ1v) is 5.96. The molecule has 2 nitrogen and oxygen atoms in total. The fourth-order valence-electron chi connectivity index (χ4n) is 1.90. The van der Waals surface area contributed by atoms with E-state index in [9.17, 15) is 0 Å². The van der Waals surface area contributed by atoms with Crippen molar-refractivity contribution in [2.45, 2.75) is 33.4 Å². The lowest BCUT2D eigenvalue weighted by molar-refractivity contribution is -0.0566. The molecule has 0 aromatic heterocycles. The Labute approximate surface area is 98.0 Å². The van der Waals surface area contributed by atoms with Crippen LogP contribution in [0.5, 0.6) is 0 Å². The van der Waals surface area contributed by atoms with Gasteiger partial charge in [-0.1, -0.05) is 43.7 Å². The molecule has 1 atom stereocenters. The van der Waals surface area contributed by atoms with E-state index in [2.05, 4.69) is 50.4 Å². The number of hydrogen-bond acceptors (Lipinski definition) is 2. The molecule has 16 heavy (non-hydrogen) atoms. The molecule has 1 aromatic carbocycles. The Balaban J connectivity index is 1.89. The molecule has 1 heterocycles. The lowest BCUT2D eigenvalue weighted by Crippen LogP contribution is -2.48. The molecular formula is C14H21NO. The summed E-state index contributed by atoms with van der Waals surface area (Å²) in [5.41, 5.74) is 2.91. The smallest absolute Gasteiger partial charge is 0.112 e. The van der Waals surface area contributed by atoms with Gasteiger partial charge in [-0.05, 0) is 12.5 Å². The second-order valence-corrected chi connectivity index (χ2v) is 5.53. The molecule has 0 spiro atoms. The molecule has 0 radical (unpaired) electrons. The zero-order chi connectivity index (χ0) is 11.6. The molecule has 1 aliphatic heterocycles. The van der Waals surface area contributed by atoms with E-state index < -0.39 is 0 Å². The number of rotatable bonds is 2. The summed E-state index contributed by atoms with van der Waals surface area (Å²) in [5.74, 6) is 0. The van der Waals surface area contributed by atoms with Crippen LogP contribution in [0.2, 0.25) is 0 Å². The van der Waals surface area contributed by atoms with Gasteiger partial charge in [-0.3, -0.25) is 5.32 Å². The van der Waals surface area contributed by atoms with E-state index in [0.29, 0.717) is 0 Å². The summed E-state index contributed by atoms with van der Waals surface area (Å²) in [7, 11) is 0. The SMILES string of the molecule is Cc1ccc(CC2NCC(C)(C)CO2)cc1. The molecule has 1 fully saturated rings. The maximum atomic E-state index is 5.82. The molecule has 1 aliphatic rings. The standard InChI is InChI=1S/C14H21NO/c1-11-4-6-12(7-5-11)8-13-15-9-14(2,3)10-16-13/h4-7,13,15H,8-10H2,1-3H3. The summed E-state index contributed by atoms with van der Waals surface area (Å²) >= 11 is 0. The van der Waals surface area contributed by atoms with Crippen LogP contribution in [0, 0.1) is 12.3 Å². The van der Waals surface area contributed by atoms with Crippen molar-refractivity contribution in [3.05, 3.63) is 35.4 Å². The largest absolute Gasteiger partial charge is 0.362 e. The minimum Gasteiger partial charge on any atom is -0.362 e. The van der Waals surface area contributed by atoms with E-state index in [-0.39, 0.29) is 11.6 Å². The molecule has 1 saturated heterocycles. The van der Waals surface area contributed by atoms with E-state index in [1.54, 1.807) is 0 Å². The predicted octanol–water partition coefficient (Wildman–Crippen LogP) is 2.51. The highest BCUT2D eigenvalue weighted by Gasteiger charge is 2.26. The predicted molar refractivity (Wildman–Crippen MR) is 66.4 cm³/mol. The molecule has 0 amide bonds. The molecule has 0 aliphatic carbocycles. The summed E-state index contributed by atoms with van der Waals surface area (Å²) in [5, 5.41) is 3.45. The Morgan fingerprint density at radius 2 is 2.00 bits per heavy atom. The van der Waals surface area contributed by atoms with Crippen LogP contribution >= 0.6 is 0 Å². The van der Waals surface area contributed by atoms with Crippen molar-refractivity contribution < 1.29 is 4.74 Å². The first-order chi connectivity index (χ1) is 7.55. The second-order valence-electron chi connectivity index (χ2n) is 5.53. The van der Waals surface area contributed by atoms with Crippen molar-refractivity contribution in [2.75, 3.05) is 13.2 Å². The Kier molecular flexibility index (Phi) is 3.31. The van der Waals surface area contributed by atoms with Crippen LogP contribution < -0.4 is 5.32 Å². The number of hydrogen-bond donors (Lipinski definition) is 1. The van der Waals surface area contributed by atoms with Crippen molar-refractivity contribution >= 4 is 0 Å². The lowest BCUT2D eigenvalue weighted by Gasteiger charge is -2.35. The van der Waals surface area contributed by atoms with Gasteiger partial charge in [0, 0.05) is 18.4 Å². The minimum absolute atomic E-state index is 0.177. The summed E-state index contributed by atoms with van der Waals surface area (Å²) in [4.78, 5) is 0. The Morgan fingerprint density at radius 3 is 2.56 bits per heavy atom. The van der Waals surface area contributed by atoms with Gasteiger partial charge < -0.3 is 4.74 Å². The maximum absolute atomic E-state index is 5.82. The summed E-state index contributed by atoms with van der Waals surface area (Å²) in [6, 6.07) is 8.67. The molecule has 1 aromatic rings. The van der Waals surface area contributed by atoms with Crippen LogP contribution in [-0.2, 0) is 11.2 Å². The molecule has 1 N–H and O–H groups in total. The van der Waals surface area contributed by atoms with E-state index in [4.69, 9.17) is 4.74 Å². The molecule has 0 bridgehead atoms. The number of ether oxygens (including phenoxy) is 1. The molecular weight excluding hydrogens is 198 g/mol. The summed E-state index contributed by atoms with van der Waals surface area (Å²) < 4.78 is 5.82. The van der Waals surface area contributed by atoms with Gasteiger partial charge in [-0.2, -0.15) is 0 Å². The van der Waals surface area contributed by atoms with Crippen LogP contribution in [0.3, 0.4) is 0 Å². The Morgan fingerprint density at radius 1 is 1.31 bits per heavy atom. The van der Waals surface area contributed by atoms with Crippen molar-refractivity contribution in [3.8, 4) is 0 Å². The topological polar surface area (TPSA) is 21.3 Å². The van der Waals surface area contributed by atoms with Gasteiger partial charge in [0.05, 0.1) is 6.61 Å². The number of nitrogens with one attached hydrogen (secondary N) is 1. The monoisotopic (exact) mass is 219 g/mol. The van der Waals surface area contributed by atoms with Gasteiger partial charge in [0.25, 0.3) is 0 Å². The third-order valence-electron chi connectivity index (χ3n) is 3.03. The minimum atomic E-state index is 0.177. The second kappa shape index (κ2) is 4.56. The van der Waals surface area contributed by atoms with Gasteiger partial charge in [0.15, 0.2) is 0 Å². The van der Waals surface area contributed by atoms with Crippen molar-refractivity contribution in [1.82, 2.24) is 5.32 Å². The summed E-state index contributed by atoms with van der Waals surface area (Å²) in [6.07, 6.45) is 1.13. The maximum Gasteiger partial charge on any atom is 0.112 e. The van der Waals surface area contributed by atoms with E-state index >= 15 is 0 Å². The van der Waals surface area contributed by atoms with Crippen LogP contribution in [0.4, 0.5) is 0 Å². The third kappa shape index (κ3) is 3.06. The van der Waals surface area contributed by atoms with Gasteiger partial charge in [-0.15, -0.1) is 0 Å². The zero-order valence-corrected chi connectivity index (χ0v) is 10.4. The van der Waals surface area contributed by atoms with Gasteiger partial charge in [0.1, 0.15) is 6.23 Å². The number of aryl methyl sites for hydroxylation is 1. The van der Waals surface area contributed by atoms with Crippen LogP contribution in [0.25, 0.3) is 0 Å². The first kappa shape index (κ1) is 11.6. The van der Waals surface area contributed by atoms with Crippen molar-refractivity contribution in [3.63, 3.8) is 0 Å². The highest BCUT2D eigenvalue weighted by molar-refractivity contribution is 5.21. The summed E-state index contributed by atoms with van der Waals surface area (Å²) in [6.45, 7) is 8.44. The highest BCUT2D eigenvalue weighted by atomic mass is 16.5. The fourth-order valence-corrected chi connectivity index (χ4v) is 1.90. The van der Waals surface area contributed by atoms with Gasteiger partial charge in [-0.25, -0.2) is 0 Å². The van der Waals surface area contributed by atoms with Crippen LogP contribution in [-0.4, -0.2) is 19.4 Å². The normalized spacial score (nSPS) is 24.3. The Bertz CT molecular complexity index is 332. The third-order valence-corrected chi connectivity index (χ3v) is 3.03. The Hall–Kier alpha value is -0.860. The molecule has 0 saturated carbocycles. The molecule has 1 unspecified atom stereocenters. The van der Waals surface area contributed by atoms with Crippen LogP contribution in [0.1, 0.15) is 25.0 Å². The highest BCUT2D eigenvalue weighted by Crippen LogP contribution is 2.20. The van der Waals surface area contributed by atoms with Gasteiger partial charge in [0.2, 0.25) is 0 Å². The average Bonchev–Trinajstić information content (AvgIpc) is 2.24. The molecule has 2 rings (SSSR count). The van der Waals surface area contributed by atoms with Gasteiger partial charge >= 0.3 is 0 Å². The average molecular weight is 219 g/mol. The van der Waals surface area contributed by atoms with Crippen molar-refractivity contribution in [2.24, 2.45) is 5.41 Å². The first-order valence-electron chi connectivity index (χ1n) is 5.96. The van der Waals surface area contributed by atoms with Crippen molar-refractivity contribution in [1.29, 1.82) is 0 Å². The zero-order valence-electron chi connectivity index (χ0n) is 10.4.